The van der Waals surface area contributed by atoms with Crippen molar-refractivity contribution in [3.63, 3.8) is 0 Å². The Bertz CT molecular complexity index is 97.0. The van der Waals surface area contributed by atoms with Gasteiger partial charge in [-0.15, -0.1) is 0 Å². The van der Waals surface area contributed by atoms with E-state index >= 15 is 0 Å². The van der Waals surface area contributed by atoms with E-state index in [1.165, 1.54) is 0 Å². The predicted molar refractivity (Wildman–Crippen MR) is 36.7 cm³/mol. The van der Waals surface area contributed by atoms with E-state index in [9.17, 15) is 0 Å². The summed E-state index contributed by atoms with van der Waals surface area (Å²) in [5.74, 6) is 0.343. The summed E-state index contributed by atoms with van der Waals surface area (Å²) in [4.78, 5) is 0. The molecule has 0 unspecified atom stereocenters. The fraction of sp³-hybridized carbons (Fsp3) is 1.00. The van der Waals surface area contributed by atoms with Crippen LogP contribution in [0.2, 0.25) is 0 Å². The van der Waals surface area contributed by atoms with Crippen molar-refractivity contribution in [2.75, 3.05) is 20.8 Å². The Balaban J connectivity index is 2.27. The fourth-order valence-electron chi connectivity index (χ4n) is 1.06. The number of ether oxygens (including phenoxy) is 3. The van der Waals surface area contributed by atoms with Crippen LogP contribution in [0.15, 0.2) is 0 Å². The lowest BCUT2D eigenvalue weighted by molar-refractivity contribution is -0.137. The average Bonchev–Trinajstić information content (AvgIpc) is 2.71. The molecule has 1 aliphatic rings. The topological polar surface area (TPSA) is 31.0 Å². The Morgan fingerprint density at radius 1 is 1.40 bits per heavy atom. The van der Waals surface area contributed by atoms with Gasteiger partial charge in [-0.25, -0.2) is 0 Å². The standard InChI is InChI=1S/C7H14O3/c1-5(6-4-10-6)7(8-2)9-3/h5-7H,4H2,1-3H3/t5-,6-/m0/s1. The number of hydrogen-bond donors (Lipinski definition) is 0. The normalized spacial score (nSPS) is 27.0. The van der Waals surface area contributed by atoms with Gasteiger partial charge in [-0.3, -0.25) is 0 Å². The molecular weight excluding hydrogens is 132 g/mol. The van der Waals surface area contributed by atoms with E-state index in [4.69, 9.17) is 14.2 Å². The van der Waals surface area contributed by atoms with Gasteiger partial charge < -0.3 is 14.2 Å². The molecule has 0 spiro atoms. The molecule has 0 aliphatic carbocycles. The first-order valence-corrected chi connectivity index (χ1v) is 3.46. The second-order valence-electron chi connectivity index (χ2n) is 2.57. The largest absolute Gasteiger partial charge is 0.373 e. The third-order valence-corrected chi connectivity index (χ3v) is 1.84. The molecule has 0 radical (unpaired) electrons. The van der Waals surface area contributed by atoms with Gasteiger partial charge in [0, 0.05) is 20.1 Å². The van der Waals surface area contributed by atoms with Crippen molar-refractivity contribution < 1.29 is 14.2 Å². The molecule has 3 heteroatoms. The molecule has 0 N–H and O–H groups in total. The molecule has 3 nitrogen and oxygen atoms in total. The SMILES string of the molecule is COC(OC)[C@@H](C)[C@@H]1CO1. The second kappa shape index (κ2) is 3.32. The molecule has 10 heavy (non-hydrogen) atoms. The molecule has 1 rings (SSSR count). The average molecular weight is 146 g/mol. The minimum atomic E-state index is -0.118. The minimum absolute atomic E-state index is 0.118. The van der Waals surface area contributed by atoms with Gasteiger partial charge in [-0.2, -0.15) is 0 Å². The van der Waals surface area contributed by atoms with E-state index in [1.807, 2.05) is 0 Å². The van der Waals surface area contributed by atoms with E-state index in [1.54, 1.807) is 14.2 Å². The van der Waals surface area contributed by atoms with Crippen LogP contribution in [0.25, 0.3) is 0 Å². The lowest BCUT2D eigenvalue weighted by Gasteiger charge is -2.18. The second-order valence-corrected chi connectivity index (χ2v) is 2.57. The highest BCUT2D eigenvalue weighted by atomic mass is 16.7. The quantitative estimate of drug-likeness (QED) is 0.431. The van der Waals surface area contributed by atoms with Gasteiger partial charge in [0.25, 0.3) is 0 Å². The summed E-state index contributed by atoms with van der Waals surface area (Å²) in [6.07, 6.45) is 0.234. The summed E-state index contributed by atoms with van der Waals surface area (Å²) >= 11 is 0. The van der Waals surface area contributed by atoms with Crippen LogP contribution < -0.4 is 0 Å². The van der Waals surface area contributed by atoms with Gasteiger partial charge in [0.15, 0.2) is 6.29 Å². The zero-order valence-electron chi connectivity index (χ0n) is 6.66. The summed E-state index contributed by atoms with van der Waals surface area (Å²) in [5.41, 5.74) is 0. The fourth-order valence-corrected chi connectivity index (χ4v) is 1.06. The van der Waals surface area contributed by atoms with Crippen LogP contribution in [0.1, 0.15) is 6.92 Å². The first-order chi connectivity index (χ1) is 4.79. The Morgan fingerprint density at radius 2 is 1.90 bits per heavy atom. The molecule has 0 amide bonds. The smallest absolute Gasteiger partial charge is 0.161 e. The van der Waals surface area contributed by atoms with Gasteiger partial charge in [-0.05, 0) is 0 Å². The van der Waals surface area contributed by atoms with Gasteiger partial charge in [-0.1, -0.05) is 6.92 Å². The molecule has 0 bridgehead atoms. The molecule has 1 saturated heterocycles. The highest BCUT2D eigenvalue weighted by Gasteiger charge is 2.34. The van der Waals surface area contributed by atoms with Crippen LogP contribution in [0.5, 0.6) is 0 Å². The first kappa shape index (κ1) is 7.98. The van der Waals surface area contributed by atoms with Crippen molar-refractivity contribution in [2.45, 2.75) is 19.3 Å². The Morgan fingerprint density at radius 3 is 2.20 bits per heavy atom. The van der Waals surface area contributed by atoms with Crippen LogP contribution in [-0.2, 0) is 14.2 Å². The highest BCUT2D eigenvalue weighted by Crippen LogP contribution is 2.24. The van der Waals surface area contributed by atoms with E-state index in [-0.39, 0.29) is 6.29 Å². The Hall–Kier alpha value is -0.120. The molecule has 1 heterocycles. The highest BCUT2D eigenvalue weighted by molar-refractivity contribution is 4.77. The maximum Gasteiger partial charge on any atom is 0.161 e. The summed E-state index contributed by atoms with van der Waals surface area (Å²) in [7, 11) is 3.29. The van der Waals surface area contributed by atoms with Gasteiger partial charge in [0.05, 0.1) is 12.7 Å². The molecular formula is C7H14O3. The number of epoxide rings is 1. The van der Waals surface area contributed by atoms with Crippen molar-refractivity contribution in [1.29, 1.82) is 0 Å². The van der Waals surface area contributed by atoms with Gasteiger partial charge in [0.2, 0.25) is 0 Å². The zero-order chi connectivity index (χ0) is 7.56. The molecule has 0 saturated carbocycles. The molecule has 0 aromatic carbocycles. The van der Waals surface area contributed by atoms with Crippen LogP contribution in [0, 0.1) is 5.92 Å². The predicted octanol–water partition coefficient (Wildman–Crippen LogP) is 0.640. The van der Waals surface area contributed by atoms with Gasteiger partial charge in [0.1, 0.15) is 0 Å². The van der Waals surface area contributed by atoms with Crippen molar-refractivity contribution in [2.24, 2.45) is 5.92 Å². The van der Waals surface area contributed by atoms with Crippen LogP contribution in [0.3, 0.4) is 0 Å². The molecule has 1 aliphatic heterocycles. The minimum Gasteiger partial charge on any atom is -0.373 e. The van der Waals surface area contributed by atoms with Crippen LogP contribution >= 0.6 is 0 Å². The lowest BCUT2D eigenvalue weighted by atomic mass is 10.1. The van der Waals surface area contributed by atoms with Crippen molar-refractivity contribution in [1.82, 2.24) is 0 Å². The monoisotopic (exact) mass is 146 g/mol. The summed E-state index contributed by atoms with van der Waals surface area (Å²) in [5, 5.41) is 0. The van der Waals surface area contributed by atoms with E-state index < -0.39 is 0 Å². The number of hydrogen-bond acceptors (Lipinski definition) is 3. The molecule has 0 aromatic heterocycles. The van der Waals surface area contributed by atoms with Crippen molar-refractivity contribution in [3.8, 4) is 0 Å². The summed E-state index contributed by atoms with van der Waals surface area (Å²) in [6.45, 7) is 2.92. The van der Waals surface area contributed by atoms with E-state index in [0.717, 1.165) is 6.61 Å². The lowest BCUT2D eigenvalue weighted by Crippen LogP contribution is -2.26. The van der Waals surface area contributed by atoms with E-state index in [2.05, 4.69) is 6.92 Å². The molecule has 0 aromatic rings. The maximum atomic E-state index is 5.09. The third kappa shape index (κ3) is 1.68. The number of methoxy groups -OCH3 is 2. The van der Waals surface area contributed by atoms with E-state index in [0.29, 0.717) is 12.0 Å². The van der Waals surface area contributed by atoms with Crippen LogP contribution in [0.4, 0.5) is 0 Å². The first-order valence-electron chi connectivity index (χ1n) is 3.46. The van der Waals surface area contributed by atoms with Crippen molar-refractivity contribution >= 4 is 0 Å². The number of rotatable bonds is 4. The van der Waals surface area contributed by atoms with Crippen LogP contribution in [-0.4, -0.2) is 33.2 Å². The Kier molecular flexibility index (Phi) is 2.65. The molecule has 2 atom stereocenters. The molecule has 1 fully saturated rings. The molecule has 60 valence electrons. The summed E-state index contributed by atoms with van der Waals surface area (Å²) < 4.78 is 15.2. The zero-order valence-corrected chi connectivity index (χ0v) is 6.66. The maximum absolute atomic E-state index is 5.09. The Labute approximate surface area is 61.3 Å². The summed E-state index contributed by atoms with van der Waals surface area (Å²) in [6, 6.07) is 0. The third-order valence-electron chi connectivity index (χ3n) is 1.84. The van der Waals surface area contributed by atoms with Gasteiger partial charge >= 0.3 is 0 Å². The van der Waals surface area contributed by atoms with Crippen molar-refractivity contribution in [3.05, 3.63) is 0 Å².